The lowest BCUT2D eigenvalue weighted by Gasteiger charge is -2.26. The van der Waals surface area contributed by atoms with Gasteiger partial charge in [0, 0.05) is 53.7 Å². The Morgan fingerprint density at radius 1 is 0.373 bits per heavy atom. The predicted octanol–water partition coefficient (Wildman–Crippen LogP) is 14.0. The van der Waals surface area contributed by atoms with E-state index in [0.29, 0.717) is 0 Å². The highest BCUT2D eigenvalue weighted by molar-refractivity contribution is 7.26. The van der Waals surface area contributed by atoms with E-state index in [1.54, 1.807) is 0 Å². The van der Waals surface area contributed by atoms with Crippen molar-refractivity contribution in [1.29, 1.82) is 0 Å². The molecule has 0 unspecified atom stereocenters. The van der Waals surface area contributed by atoms with Crippen molar-refractivity contribution in [2.24, 2.45) is 0 Å². The van der Waals surface area contributed by atoms with E-state index in [2.05, 4.69) is 204 Å². The van der Waals surface area contributed by atoms with Gasteiger partial charge in [-0.2, -0.15) is 0 Å². The van der Waals surface area contributed by atoms with Crippen LogP contribution in [0.25, 0.3) is 69.9 Å². The second kappa shape index (κ2) is 12.2. The zero-order chi connectivity index (χ0) is 33.7. The Bertz CT molecular complexity index is 2830. The molecular formula is C48H32N2S. The largest absolute Gasteiger partial charge is 0.310 e. The van der Waals surface area contributed by atoms with E-state index >= 15 is 0 Å². The SMILES string of the molecule is c1ccc(-c2ccc(-n3c4ccccc4c4ccc(N(c5ccccc5)c5ccc(-c6cccc7c6sc6ccccc67)cc5)cc43)cc2)cc1. The van der Waals surface area contributed by atoms with Gasteiger partial charge in [-0.25, -0.2) is 0 Å². The van der Waals surface area contributed by atoms with Crippen molar-refractivity contribution < 1.29 is 0 Å². The average Bonchev–Trinajstić information content (AvgIpc) is 3.75. The van der Waals surface area contributed by atoms with Crippen molar-refractivity contribution in [1.82, 2.24) is 4.57 Å². The standard InChI is InChI=1S/C48H32N2S/c1-3-12-33(13-4-1)34-22-26-38(27-23-34)50-45-20-9-7-16-41(45)42-31-30-39(32-46(42)50)49(36-14-5-2-6-15-36)37-28-24-35(25-29-37)40-18-11-19-44-43-17-8-10-21-47(43)51-48(40)44/h1-32H. The summed E-state index contributed by atoms with van der Waals surface area (Å²) in [5, 5.41) is 5.13. The van der Waals surface area contributed by atoms with Gasteiger partial charge in [-0.1, -0.05) is 133 Å². The van der Waals surface area contributed by atoms with Crippen molar-refractivity contribution in [2.75, 3.05) is 4.90 Å². The lowest BCUT2D eigenvalue weighted by atomic mass is 10.0. The molecule has 240 valence electrons. The highest BCUT2D eigenvalue weighted by Gasteiger charge is 2.18. The second-order valence-corrected chi connectivity index (χ2v) is 14.0. The van der Waals surface area contributed by atoms with Crippen LogP contribution < -0.4 is 4.90 Å². The minimum absolute atomic E-state index is 1.11. The molecule has 0 radical (unpaired) electrons. The highest BCUT2D eigenvalue weighted by atomic mass is 32.1. The summed E-state index contributed by atoms with van der Waals surface area (Å²) in [7, 11) is 0. The van der Waals surface area contributed by atoms with Crippen LogP contribution in [0, 0.1) is 0 Å². The average molecular weight is 669 g/mol. The smallest absolute Gasteiger partial charge is 0.0561 e. The fourth-order valence-corrected chi connectivity index (χ4v) is 8.84. The van der Waals surface area contributed by atoms with Gasteiger partial charge in [-0.15, -0.1) is 11.3 Å². The van der Waals surface area contributed by atoms with Crippen molar-refractivity contribution in [3.63, 3.8) is 0 Å². The van der Waals surface area contributed by atoms with Gasteiger partial charge >= 0.3 is 0 Å². The first kappa shape index (κ1) is 29.5. The van der Waals surface area contributed by atoms with Gasteiger partial charge in [0.15, 0.2) is 0 Å². The summed E-state index contributed by atoms with van der Waals surface area (Å²) in [5.41, 5.74) is 11.8. The van der Waals surface area contributed by atoms with Crippen LogP contribution in [0.1, 0.15) is 0 Å². The predicted molar refractivity (Wildman–Crippen MR) is 219 cm³/mol. The van der Waals surface area contributed by atoms with Crippen LogP contribution in [-0.4, -0.2) is 4.57 Å². The van der Waals surface area contributed by atoms with Crippen LogP contribution in [0.15, 0.2) is 194 Å². The molecule has 0 fully saturated rings. The highest BCUT2D eigenvalue weighted by Crippen LogP contribution is 2.43. The Morgan fingerprint density at radius 3 is 1.76 bits per heavy atom. The molecule has 0 aliphatic rings. The van der Waals surface area contributed by atoms with Gasteiger partial charge in [0.05, 0.1) is 11.0 Å². The van der Waals surface area contributed by atoms with E-state index in [1.807, 2.05) is 11.3 Å². The first-order chi connectivity index (χ1) is 25.3. The molecule has 2 aromatic heterocycles. The van der Waals surface area contributed by atoms with E-state index in [1.165, 1.54) is 64.2 Å². The fraction of sp³-hybridized carbons (Fsp3) is 0. The number of anilines is 3. The number of fused-ring (bicyclic) bond motifs is 6. The zero-order valence-electron chi connectivity index (χ0n) is 27.8. The summed E-state index contributed by atoms with van der Waals surface area (Å²) in [4.78, 5) is 2.36. The van der Waals surface area contributed by atoms with E-state index in [9.17, 15) is 0 Å². The molecule has 2 nitrogen and oxygen atoms in total. The van der Waals surface area contributed by atoms with Crippen molar-refractivity contribution >= 4 is 70.4 Å². The number of nitrogens with zero attached hydrogens (tertiary/aromatic N) is 2. The van der Waals surface area contributed by atoms with Crippen LogP contribution in [-0.2, 0) is 0 Å². The van der Waals surface area contributed by atoms with Gasteiger partial charge in [0.25, 0.3) is 0 Å². The Hall–Kier alpha value is -6.42. The van der Waals surface area contributed by atoms with Crippen LogP contribution in [0.4, 0.5) is 17.1 Å². The summed E-state index contributed by atoms with van der Waals surface area (Å²) >= 11 is 1.88. The maximum Gasteiger partial charge on any atom is 0.0561 e. The summed E-state index contributed by atoms with van der Waals surface area (Å²) in [5.74, 6) is 0. The Balaban J connectivity index is 1.10. The molecule has 0 spiro atoms. The van der Waals surface area contributed by atoms with E-state index in [-0.39, 0.29) is 0 Å². The summed E-state index contributed by atoms with van der Waals surface area (Å²) in [6.45, 7) is 0. The molecule has 0 aliphatic carbocycles. The Labute approximate surface area is 300 Å². The third-order valence-corrected chi connectivity index (χ3v) is 11.2. The summed E-state index contributed by atoms with van der Waals surface area (Å²) in [6, 6.07) is 70.3. The first-order valence-corrected chi connectivity index (χ1v) is 18.2. The van der Waals surface area contributed by atoms with Gasteiger partial charge < -0.3 is 9.47 Å². The van der Waals surface area contributed by atoms with E-state index in [0.717, 1.165) is 22.7 Å². The monoisotopic (exact) mass is 668 g/mol. The third kappa shape index (κ3) is 5.01. The van der Waals surface area contributed by atoms with Crippen molar-refractivity contribution in [3.8, 4) is 27.9 Å². The van der Waals surface area contributed by atoms with Crippen molar-refractivity contribution in [3.05, 3.63) is 194 Å². The third-order valence-electron chi connectivity index (χ3n) is 10.0. The van der Waals surface area contributed by atoms with Crippen LogP contribution in [0.5, 0.6) is 0 Å². The molecular weight excluding hydrogens is 637 g/mol. The van der Waals surface area contributed by atoms with Gasteiger partial charge in [-0.05, 0) is 82.9 Å². The van der Waals surface area contributed by atoms with Gasteiger partial charge in [-0.3, -0.25) is 0 Å². The number of para-hydroxylation sites is 2. The fourth-order valence-electron chi connectivity index (χ4n) is 7.60. The van der Waals surface area contributed by atoms with E-state index < -0.39 is 0 Å². The molecule has 0 saturated heterocycles. The minimum atomic E-state index is 1.11. The normalized spacial score (nSPS) is 11.5. The number of aromatic nitrogens is 1. The maximum absolute atomic E-state index is 2.40. The van der Waals surface area contributed by atoms with Crippen LogP contribution >= 0.6 is 11.3 Å². The van der Waals surface area contributed by atoms with Crippen LogP contribution in [0.3, 0.4) is 0 Å². The molecule has 0 aliphatic heterocycles. The van der Waals surface area contributed by atoms with Crippen LogP contribution in [0.2, 0.25) is 0 Å². The van der Waals surface area contributed by atoms with Gasteiger partial charge in [0.1, 0.15) is 0 Å². The van der Waals surface area contributed by atoms with Crippen molar-refractivity contribution in [2.45, 2.75) is 0 Å². The molecule has 51 heavy (non-hydrogen) atoms. The minimum Gasteiger partial charge on any atom is -0.310 e. The molecule has 8 aromatic carbocycles. The summed E-state index contributed by atoms with van der Waals surface area (Å²) in [6.07, 6.45) is 0. The number of rotatable bonds is 6. The molecule has 10 rings (SSSR count). The Kier molecular flexibility index (Phi) is 7.04. The number of hydrogen-bond donors (Lipinski definition) is 0. The lowest BCUT2D eigenvalue weighted by molar-refractivity contribution is 1.18. The summed E-state index contributed by atoms with van der Waals surface area (Å²) < 4.78 is 5.06. The molecule has 0 bridgehead atoms. The van der Waals surface area contributed by atoms with E-state index in [4.69, 9.17) is 0 Å². The lowest BCUT2D eigenvalue weighted by Crippen LogP contribution is -2.10. The second-order valence-electron chi connectivity index (χ2n) is 13.0. The first-order valence-electron chi connectivity index (χ1n) is 17.4. The number of benzene rings is 8. The molecule has 0 N–H and O–H groups in total. The number of hydrogen-bond acceptors (Lipinski definition) is 2. The molecule has 0 saturated carbocycles. The maximum atomic E-state index is 2.40. The number of thiophene rings is 1. The molecule has 2 heterocycles. The Morgan fingerprint density at radius 2 is 0.961 bits per heavy atom. The van der Waals surface area contributed by atoms with Gasteiger partial charge in [0.2, 0.25) is 0 Å². The molecule has 0 amide bonds. The molecule has 10 aromatic rings. The molecule has 3 heteroatoms. The zero-order valence-corrected chi connectivity index (χ0v) is 28.6. The topological polar surface area (TPSA) is 8.17 Å². The quantitative estimate of drug-likeness (QED) is 0.171. The molecule has 0 atom stereocenters.